The van der Waals surface area contributed by atoms with Crippen LogP contribution in [0.3, 0.4) is 0 Å². The summed E-state index contributed by atoms with van der Waals surface area (Å²) in [5.74, 6) is 2.43. The second-order valence-corrected chi connectivity index (χ2v) is 5.65. The second kappa shape index (κ2) is 6.27. The van der Waals surface area contributed by atoms with Crippen LogP contribution >= 0.6 is 0 Å². The molecule has 2 nitrogen and oxygen atoms in total. The summed E-state index contributed by atoms with van der Waals surface area (Å²) in [7, 11) is 0. The van der Waals surface area contributed by atoms with Crippen molar-refractivity contribution in [2.45, 2.75) is 65.9 Å². The minimum atomic E-state index is -0.155. The number of ether oxygens (including phenoxy) is 1. The van der Waals surface area contributed by atoms with Crippen molar-refractivity contribution < 1.29 is 9.53 Å². The summed E-state index contributed by atoms with van der Waals surface area (Å²) in [5.41, 5.74) is 0. The first-order chi connectivity index (χ1) is 7.49. The van der Waals surface area contributed by atoms with Crippen LogP contribution in [0.25, 0.3) is 0 Å². The molecule has 0 aliphatic heterocycles. The summed E-state index contributed by atoms with van der Waals surface area (Å²) < 4.78 is 5.16. The molecule has 0 spiro atoms. The van der Waals surface area contributed by atoms with Crippen molar-refractivity contribution in [2.75, 3.05) is 0 Å². The minimum absolute atomic E-state index is 0.0871. The molecule has 0 amide bonds. The Labute approximate surface area is 99.8 Å². The van der Waals surface area contributed by atoms with E-state index in [1.807, 2.05) is 6.92 Å². The summed E-state index contributed by atoms with van der Waals surface area (Å²) in [6.07, 6.45) is 6.41. The van der Waals surface area contributed by atoms with Gasteiger partial charge in [-0.05, 0) is 50.4 Å². The molecule has 1 aliphatic rings. The van der Waals surface area contributed by atoms with Crippen LogP contribution in [0.15, 0.2) is 0 Å². The largest absolute Gasteiger partial charge is 0.463 e. The minimum Gasteiger partial charge on any atom is -0.463 e. The maximum atomic E-state index is 10.8. The van der Waals surface area contributed by atoms with E-state index in [1.165, 1.54) is 32.6 Å². The highest BCUT2D eigenvalue weighted by Crippen LogP contribution is 2.36. The molecule has 0 aromatic carbocycles. The average molecular weight is 226 g/mol. The summed E-state index contributed by atoms with van der Waals surface area (Å²) in [5, 5.41) is 0. The molecule has 0 bridgehead atoms. The van der Waals surface area contributed by atoms with E-state index < -0.39 is 0 Å². The van der Waals surface area contributed by atoms with Gasteiger partial charge in [-0.1, -0.05) is 20.3 Å². The second-order valence-electron chi connectivity index (χ2n) is 5.65. The normalized spacial score (nSPS) is 32.1. The standard InChI is InChI=1S/C14H26O2/c1-10-5-7-14(11(2)9-10)8-6-12(3)16-13(4)15/h10-12,14H,5-9H2,1-4H3/t10-,11+,12+,14-/m0/s1. The quantitative estimate of drug-likeness (QED) is 0.682. The average Bonchev–Trinajstić information content (AvgIpc) is 2.15. The molecule has 94 valence electrons. The van der Waals surface area contributed by atoms with Crippen LogP contribution in [-0.4, -0.2) is 12.1 Å². The molecule has 0 heterocycles. The highest BCUT2D eigenvalue weighted by atomic mass is 16.5. The first kappa shape index (κ1) is 13.5. The van der Waals surface area contributed by atoms with Gasteiger partial charge in [-0.25, -0.2) is 0 Å². The molecule has 1 fully saturated rings. The number of carbonyl (C=O) groups excluding carboxylic acids is 1. The third kappa shape index (κ3) is 4.54. The topological polar surface area (TPSA) is 26.3 Å². The molecule has 0 radical (unpaired) electrons. The summed E-state index contributed by atoms with van der Waals surface area (Å²) in [4.78, 5) is 10.8. The van der Waals surface area contributed by atoms with Crippen LogP contribution in [0.2, 0.25) is 0 Å². The van der Waals surface area contributed by atoms with Gasteiger partial charge in [-0.3, -0.25) is 4.79 Å². The van der Waals surface area contributed by atoms with Crippen LogP contribution in [0.1, 0.15) is 59.8 Å². The lowest BCUT2D eigenvalue weighted by atomic mass is 9.73. The van der Waals surface area contributed by atoms with Crippen molar-refractivity contribution in [2.24, 2.45) is 17.8 Å². The fourth-order valence-corrected chi connectivity index (χ4v) is 2.95. The smallest absolute Gasteiger partial charge is 0.302 e. The van der Waals surface area contributed by atoms with Gasteiger partial charge in [0.1, 0.15) is 0 Å². The monoisotopic (exact) mass is 226 g/mol. The molecule has 0 N–H and O–H groups in total. The summed E-state index contributed by atoms with van der Waals surface area (Å²) in [6.45, 7) is 8.21. The van der Waals surface area contributed by atoms with E-state index in [0.717, 1.165) is 24.2 Å². The Morgan fingerprint density at radius 1 is 1.38 bits per heavy atom. The molecule has 1 aliphatic carbocycles. The van der Waals surface area contributed by atoms with E-state index in [-0.39, 0.29) is 12.1 Å². The molecule has 1 saturated carbocycles. The lowest BCUT2D eigenvalue weighted by Crippen LogP contribution is -2.23. The lowest BCUT2D eigenvalue weighted by molar-refractivity contribution is -0.145. The van der Waals surface area contributed by atoms with E-state index in [4.69, 9.17) is 4.74 Å². The van der Waals surface area contributed by atoms with Gasteiger partial charge in [-0.2, -0.15) is 0 Å². The van der Waals surface area contributed by atoms with E-state index in [9.17, 15) is 4.79 Å². The lowest BCUT2D eigenvalue weighted by Gasteiger charge is -2.33. The van der Waals surface area contributed by atoms with Crippen molar-refractivity contribution in [1.29, 1.82) is 0 Å². The van der Waals surface area contributed by atoms with Crippen LogP contribution in [0, 0.1) is 17.8 Å². The Morgan fingerprint density at radius 2 is 2.06 bits per heavy atom. The van der Waals surface area contributed by atoms with Gasteiger partial charge in [0, 0.05) is 6.92 Å². The van der Waals surface area contributed by atoms with Crippen molar-refractivity contribution in [3.05, 3.63) is 0 Å². The number of hydrogen-bond acceptors (Lipinski definition) is 2. The molecular formula is C14H26O2. The van der Waals surface area contributed by atoms with Crippen LogP contribution in [-0.2, 0) is 9.53 Å². The Hall–Kier alpha value is -0.530. The van der Waals surface area contributed by atoms with Crippen molar-refractivity contribution in [3.8, 4) is 0 Å². The maximum Gasteiger partial charge on any atom is 0.302 e. The van der Waals surface area contributed by atoms with Gasteiger partial charge in [0.15, 0.2) is 0 Å². The number of carbonyl (C=O) groups is 1. The third-order valence-electron chi connectivity index (χ3n) is 3.92. The van der Waals surface area contributed by atoms with E-state index in [2.05, 4.69) is 13.8 Å². The molecule has 2 heteroatoms. The SMILES string of the molecule is CC(=O)O[C@H](C)CC[C@@H]1CC[C@H](C)C[C@H]1C. The first-order valence-electron chi connectivity index (χ1n) is 6.66. The zero-order valence-electron chi connectivity index (χ0n) is 11.2. The van der Waals surface area contributed by atoms with Crippen LogP contribution in [0.4, 0.5) is 0 Å². The van der Waals surface area contributed by atoms with E-state index >= 15 is 0 Å². The fourth-order valence-electron chi connectivity index (χ4n) is 2.95. The van der Waals surface area contributed by atoms with Gasteiger partial charge < -0.3 is 4.74 Å². The van der Waals surface area contributed by atoms with Gasteiger partial charge in [0.25, 0.3) is 0 Å². The van der Waals surface area contributed by atoms with Crippen molar-refractivity contribution in [3.63, 3.8) is 0 Å². The zero-order valence-corrected chi connectivity index (χ0v) is 11.2. The highest BCUT2D eigenvalue weighted by molar-refractivity contribution is 5.66. The Kier molecular flexibility index (Phi) is 5.30. The van der Waals surface area contributed by atoms with E-state index in [0.29, 0.717) is 0 Å². The van der Waals surface area contributed by atoms with Gasteiger partial charge in [0.05, 0.1) is 6.10 Å². The molecule has 0 saturated heterocycles. The third-order valence-corrected chi connectivity index (χ3v) is 3.92. The molecular weight excluding hydrogens is 200 g/mol. The molecule has 0 aromatic heterocycles. The van der Waals surface area contributed by atoms with Gasteiger partial charge >= 0.3 is 5.97 Å². The summed E-state index contributed by atoms with van der Waals surface area (Å²) >= 11 is 0. The van der Waals surface area contributed by atoms with Crippen molar-refractivity contribution in [1.82, 2.24) is 0 Å². The fraction of sp³-hybridized carbons (Fsp3) is 0.929. The molecule has 1 rings (SSSR count). The Bertz CT molecular complexity index is 225. The van der Waals surface area contributed by atoms with Gasteiger partial charge in [-0.15, -0.1) is 0 Å². The van der Waals surface area contributed by atoms with Crippen LogP contribution in [0.5, 0.6) is 0 Å². The molecule has 4 atom stereocenters. The Morgan fingerprint density at radius 3 is 2.62 bits per heavy atom. The molecule has 0 aromatic rings. The number of rotatable bonds is 4. The van der Waals surface area contributed by atoms with E-state index in [1.54, 1.807) is 0 Å². The van der Waals surface area contributed by atoms with Gasteiger partial charge in [0.2, 0.25) is 0 Å². The Balaban J connectivity index is 2.24. The highest BCUT2D eigenvalue weighted by Gasteiger charge is 2.25. The van der Waals surface area contributed by atoms with Crippen molar-refractivity contribution >= 4 is 5.97 Å². The zero-order chi connectivity index (χ0) is 12.1. The molecule has 16 heavy (non-hydrogen) atoms. The number of hydrogen-bond donors (Lipinski definition) is 0. The molecule has 0 unspecified atom stereocenters. The summed E-state index contributed by atoms with van der Waals surface area (Å²) in [6, 6.07) is 0. The predicted octanol–water partition coefficient (Wildman–Crippen LogP) is 3.79. The predicted molar refractivity (Wildman–Crippen MR) is 66.1 cm³/mol. The number of esters is 1. The van der Waals surface area contributed by atoms with Crippen LogP contribution < -0.4 is 0 Å². The first-order valence-corrected chi connectivity index (χ1v) is 6.66. The maximum absolute atomic E-state index is 10.8.